The van der Waals surface area contributed by atoms with Gasteiger partial charge in [-0.05, 0) is 61.8 Å². The maximum atomic E-state index is 12.7. The summed E-state index contributed by atoms with van der Waals surface area (Å²) >= 11 is 1.41. The van der Waals surface area contributed by atoms with E-state index in [1.54, 1.807) is 0 Å². The number of carbonyl (C=O) groups is 4. The molecule has 8 nitrogen and oxygen atoms in total. The van der Waals surface area contributed by atoms with Gasteiger partial charge in [-0.25, -0.2) is 4.79 Å². The number of ether oxygens (including phenoxy) is 1. The SMILES string of the molecule is CC(C)CCN1C(=O)c2ccc(C(=O)OCC(=O)Nc3sc4c(c3C#N)CCCCC4)cc2C1=O. The Hall–Kier alpha value is -3.51. The van der Waals surface area contributed by atoms with Gasteiger partial charge in [0.15, 0.2) is 6.61 Å². The van der Waals surface area contributed by atoms with Gasteiger partial charge in [-0.2, -0.15) is 5.26 Å². The summed E-state index contributed by atoms with van der Waals surface area (Å²) < 4.78 is 5.15. The van der Waals surface area contributed by atoms with Gasteiger partial charge in [0.05, 0.1) is 22.3 Å². The molecule has 0 saturated heterocycles. The van der Waals surface area contributed by atoms with Crippen molar-refractivity contribution in [2.45, 2.75) is 52.4 Å². The molecule has 2 aromatic rings. The van der Waals surface area contributed by atoms with E-state index < -0.39 is 24.4 Å². The standard InChI is InChI=1S/C26H27N3O5S/c1-15(2)10-11-29-24(31)18-9-8-16(12-19(18)25(29)32)26(33)34-14-22(30)28-23-20(13-27)17-6-4-3-5-7-21(17)35-23/h8-9,12,15H,3-7,10-11,14H2,1-2H3,(H,28,30). The number of nitriles is 1. The Bertz CT molecular complexity index is 1240. The zero-order valence-corrected chi connectivity index (χ0v) is 20.6. The Balaban J connectivity index is 1.39. The van der Waals surface area contributed by atoms with E-state index in [-0.39, 0.29) is 22.6 Å². The topological polar surface area (TPSA) is 117 Å². The number of imide groups is 1. The van der Waals surface area contributed by atoms with Gasteiger partial charge in [-0.3, -0.25) is 19.3 Å². The molecule has 3 amide bonds. The summed E-state index contributed by atoms with van der Waals surface area (Å²) in [6.07, 6.45) is 5.63. The molecule has 0 fully saturated rings. The lowest BCUT2D eigenvalue weighted by Gasteiger charge is -2.14. The lowest BCUT2D eigenvalue weighted by atomic mass is 10.1. The van der Waals surface area contributed by atoms with E-state index in [0.29, 0.717) is 29.4 Å². The zero-order valence-electron chi connectivity index (χ0n) is 19.8. The summed E-state index contributed by atoms with van der Waals surface area (Å²) in [4.78, 5) is 52.6. The third-order valence-electron chi connectivity index (χ3n) is 6.26. The van der Waals surface area contributed by atoms with Crippen molar-refractivity contribution in [2.24, 2.45) is 5.92 Å². The van der Waals surface area contributed by atoms with Crippen molar-refractivity contribution in [3.05, 3.63) is 50.9 Å². The fourth-order valence-electron chi connectivity index (χ4n) is 4.33. The number of hydrogen-bond acceptors (Lipinski definition) is 7. The normalized spacial score (nSPS) is 14.9. The number of amides is 3. The summed E-state index contributed by atoms with van der Waals surface area (Å²) in [6.45, 7) is 3.81. The zero-order chi connectivity index (χ0) is 25.1. The lowest BCUT2D eigenvalue weighted by molar-refractivity contribution is -0.119. The average molecular weight is 494 g/mol. The largest absolute Gasteiger partial charge is 0.452 e. The molecule has 2 aliphatic rings. The summed E-state index contributed by atoms with van der Waals surface area (Å²) in [7, 11) is 0. The summed E-state index contributed by atoms with van der Waals surface area (Å²) in [6, 6.07) is 6.41. The Labute approximate surface area is 207 Å². The minimum absolute atomic E-state index is 0.0870. The first-order valence-electron chi connectivity index (χ1n) is 11.8. The highest BCUT2D eigenvalue weighted by Crippen LogP contribution is 2.37. The average Bonchev–Trinajstić information content (AvgIpc) is 3.16. The first kappa shape index (κ1) is 24.6. The van der Waals surface area contributed by atoms with Crippen molar-refractivity contribution in [1.29, 1.82) is 5.26 Å². The molecule has 0 radical (unpaired) electrons. The Morgan fingerprint density at radius 3 is 2.63 bits per heavy atom. The van der Waals surface area contributed by atoms with Gasteiger partial charge in [0, 0.05) is 11.4 Å². The third-order valence-corrected chi connectivity index (χ3v) is 7.46. The number of benzene rings is 1. The van der Waals surface area contributed by atoms with Gasteiger partial charge in [-0.1, -0.05) is 20.3 Å². The molecule has 1 aliphatic heterocycles. The molecule has 4 rings (SSSR count). The summed E-state index contributed by atoms with van der Waals surface area (Å²) in [5.41, 5.74) is 2.02. The smallest absolute Gasteiger partial charge is 0.338 e. The van der Waals surface area contributed by atoms with Crippen LogP contribution in [-0.2, 0) is 22.4 Å². The second-order valence-electron chi connectivity index (χ2n) is 9.21. The number of carbonyl (C=O) groups excluding carboxylic acids is 4. The van der Waals surface area contributed by atoms with Crippen LogP contribution in [0, 0.1) is 17.2 Å². The maximum Gasteiger partial charge on any atom is 0.338 e. The fourth-order valence-corrected chi connectivity index (χ4v) is 5.59. The van der Waals surface area contributed by atoms with E-state index in [1.807, 2.05) is 13.8 Å². The van der Waals surface area contributed by atoms with Crippen LogP contribution in [0.25, 0.3) is 0 Å². The molecule has 0 spiro atoms. The van der Waals surface area contributed by atoms with Gasteiger partial charge in [0.25, 0.3) is 17.7 Å². The van der Waals surface area contributed by atoms with Crippen molar-refractivity contribution in [3.63, 3.8) is 0 Å². The van der Waals surface area contributed by atoms with Crippen LogP contribution in [0.3, 0.4) is 0 Å². The molecule has 9 heteroatoms. The van der Waals surface area contributed by atoms with Gasteiger partial charge in [-0.15, -0.1) is 11.3 Å². The number of anilines is 1. The van der Waals surface area contributed by atoms with Crippen molar-refractivity contribution in [3.8, 4) is 6.07 Å². The highest BCUT2D eigenvalue weighted by Gasteiger charge is 2.36. The second kappa shape index (κ2) is 10.4. The molecular formula is C26H27N3O5S. The van der Waals surface area contributed by atoms with Crippen molar-refractivity contribution >= 4 is 40.0 Å². The molecule has 1 aliphatic carbocycles. The van der Waals surface area contributed by atoms with E-state index in [1.165, 1.54) is 34.4 Å². The van der Waals surface area contributed by atoms with Gasteiger partial charge < -0.3 is 10.1 Å². The highest BCUT2D eigenvalue weighted by atomic mass is 32.1. The number of thiophene rings is 1. The molecule has 1 aromatic carbocycles. The number of fused-ring (bicyclic) bond motifs is 2. The molecule has 0 unspecified atom stereocenters. The van der Waals surface area contributed by atoms with E-state index in [2.05, 4.69) is 11.4 Å². The van der Waals surface area contributed by atoms with Crippen molar-refractivity contribution < 1.29 is 23.9 Å². The molecule has 1 aromatic heterocycles. The van der Waals surface area contributed by atoms with Crippen molar-refractivity contribution in [2.75, 3.05) is 18.5 Å². The maximum absolute atomic E-state index is 12.7. The summed E-state index contributed by atoms with van der Waals surface area (Å²) in [5, 5.41) is 12.8. The Kier molecular flexibility index (Phi) is 7.31. The van der Waals surface area contributed by atoms with Crippen molar-refractivity contribution in [1.82, 2.24) is 4.90 Å². The van der Waals surface area contributed by atoms with Crippen LogP contribution in [0.1, 0.15) is 86.6 Å². The van der Waals surface area contributed by atoms with E-state index in [4.69, 9.17) is 4.74 Å². The van der Waals surface area contributed by atoms with Crippen LogP contribution in [0.2, 0.25) is 0 Å². The lowest BCUT2D eigenvalue weighted by Crippen LogP contribution is -2.31. The number of nitrogens with zero attached hydrogens (tertiary/aromatic N) is 2. The Morgan fingerprint density at radius 1 is 1.14 bits per heavy atom. The van der Waals surface area contributed by atoms with Crippen LogP contribution in [-0.4, -0.2) is 41.7 Å². The Morgan fingerprint density at radius 2 is 1.89 bits per heavy atom. The molecule has 182 valence electrons. The molecule has 1 N–H and O–H groups in total. The van der Waals surface area contributed by atoms with Gasteiger partial charge in [0.2, 0.25) is 0 Å². The molecule has 0 saturated carbocycles. The minimum Gasteiger partial charge on any atom is -0.452 e. The first-order chi connectivity index (χ1) is 16.8. The number of hydrogen-bond donors (Lipinski definition) is 1. The first-order valence-corrected chi connectivity index (χ1v) is 12.6. The monoisotopic (exact) mass is 493 g/mol. The minimum atomic E-state index is -0.772. The summed E-state index contributed by atoms with van der Waals surface area (Å²) in [5.74, 6) is -1.78. The van der Waals surface area contributed by atoms with Crippen LogP contribution in [0.4, 0.5) is 5.00 Å². The predicted molar refractivity (Wildman–Crippen MR) is 130 cm³/mol. The fraction of sp³-hybridized carbons (Fsp3) is 0.423. The molecular weight excluding hydrogens is 466 g/mol. The van der Waals surface area contributed by atoms with Crippen LogP contribution < -0.4 is 5.32 Å². The second-order valence-corrected chi connectivity index (χ2v) is 10.3. The van der Waals surface area contributed by atoms with E-state index in [9.17, 15) is 24.4 Å². The van der Waals surface area contributed by atoms with Gasteiger partial charge >= 0.3 is 5.97 Å². The third kappa shape index (κ3) is 5.13. The molecule has 0 atom stereocenters. The van der Waals surface area contributed by atoms with E-state index in [0.717, 1.165) is 42.5 Å². The van der Waals surface area contributed by atoms with Crippen LogP contribution in [0.5, 0.6) is 0 Å². The van der Waals surface area contributed by atoms with Crippen LogP contribution in [0.15, 0.2) is 18.2 Å². The molecule has 35 heavy (non-hydrogen) atoms. The number of esters is 1. The predicted octanol–water partition coefficient (Wildman–Crippen LogP) is 4.33. The van der Waals surface area contributed by atoms with E-state index >= 15 is 0 Å². The highest BCUT2D eigenvalue weighted by molar-refractivity contribution is 7.16. The number of nitrogens with one attached hydrogen (secondary N) is 1. The molecule has 2 heterocycles. The number of rotatable bonds is 7. The number of aryl methyl sites for hydroxylation is 1. The quantitative estimate of drug-likeness (QED) is 0.349. The van der Waals surface area contributed by atoms with Crippen LogP contribution >= 0.6 is 11.3 Å². The van der Waals surface area contributed by atoms with Gasteiger partial charge in [0.1, 0.15) is 11.1 Å². The molecule has 0 bridgehead atoms.